The van der Waals surface area contributed by atoms with Crippen molar-refractivity contribution in [1.82, 2.24) is 15.5 Å². The van der Waals surface area contributed by atoms with E-state index in [9.17, 15) is 4.79 Å². The molecule has 4 fully saturated rings. The lowest BCUT2D eigenvalue weighted by molar-refractivity contribution is -0.126. The molecule has 5 rings (SSSR count). The van der Waals surface area contributed by atoms with Crippen LogP contribution in [-0.2, 0) is 4.79 Å². The molecule has 4 aliphatic carbocycles. The number of anilines is 1. The summed E-state index contributed by atoms with van der Waals surface area (Å²) in [6, 6.07) is 0. The van der Waals surface area contributed by atoms with Crippen molar-refractivity contribution in [2.45, 2.75) is 74.4 Å². The summed E-state index contributed by atoms with van der Waals surface area (Å²) in [7, 11) is 0. The van der Waals surface area contributed by atoms with E-state index < -0.39 is 0 Å². The van der Waals surface area contributed by atoms with Gasteiger partial charge in [-0.3, -0.25) is 4.79 Å². The standard InChI is InChI=1S/C19H30N4OS2/c1-11(2)10-20-17-22-23-18(26-17)25-12(3)16(24)21-19-7-13-4-14(8-19)6-15(5-13)9-19/h11-15H,4-10H2,1-3H3,(H,20,22)(H,21,24). The third-order valence-electron chi connectivity index (χ3n) is 6.14. The fourth-order valence-electron chi connectivity index (χ4n) is 5.45. The van der Waals surface area contributed by atoms with E-state index in [0.29, 0.717) is 5.92 Å². The van der Waals surface area contributed by atoms with E-state index in [1.54, 1.807) is 11.3 Å². The summed E-state index contributed by atoms with van der Waals surface area (Å²) in [4.78, 5) is 12.9. The monoisotopic (exact) mass is 394 g/mol. The number of nitrogens with zero attached hydrogens (tertiary/aromatic N) is 2. The SMILES string of the molecule is CC(C)CNc1nnc(SC(C)C(=O)NC23CC4CC(CC(C4)C2)C3)s1. The van der Waals surface area contributed by atoms with E-state index in [2.05, 4.69) is 34.7 Å². The molecule has 0 aliphatic heterocycles. The van der Waals surface area contributed by atoms with Gasteiger partial charge in [0.1, 0.15) is 0 Å². The first-order chi connectivity index (χ1) is 12.4. The number of thioether (sulfide) groups is 1. The number of amides is 1. The minimum Gasteiger partial charge on any atom is -0.360 e. The molecule has 2 N–H and O–H groups in total. The molecule has 1 heterocycles. The average Bonchev–Trinajstić information content (AvgIpc) is 2.98. The van der Waals surface area contributed by atoms with Gasteiger partial charge in [-0.25, -0.2) is 0 Å². The number of carbonyl (C=O) groups is 1. The van der Waals surface area contributed by atoms with Gasteiger partial charge in [0, 0.05) is 12.1 Å². The van der Waals surface area contributed by atoms with Crippen LogP contribution in [0.3, 0.4) is 0 Å². The van der Waals surface area contributed by atoms with Gasteiger partial charge in [-0.05, 0) is 69.1 Å². The lowest BCUT2D eigenvalue weighted by atomic mass is 9.53. The lowest BCUT2D eigenvalue weighted by Gasteiger charge is -2.57. The molecule has 26 heavy (non-hydrogen) atoms. The van der Waals surface area contributed by atoms with E-state index in [1.807, 2.05) is 6.92 Å². The van der Waals surface area contributed by atoms with Gasteiger partial charge >= 0.3 is 0 Å². The van der Waals surface area contributed by atoms with Gasteiger partial charge in [0.2, 0.25) is 11.0 Å². The molecule has 1 aromatic heterocycles. The number of nitrogens with one attached hydrogen (secondary N) is 2. The van der Waals surface area contributed by atoms with E-state index in [4.69, 9.17) is 0 Å². The fraction of sp³-hybridized carbons (Fsp3) is 0.842. The Bertz CT molecular complexity index is 624. The van der Waals surface area contributed by atoms with Crippen molar-refractivity contribution in [2.24, 2.45) is 23.7 Å². The Morgan fingerprint density at radius 3 is 2.35 bits per heavy atom. The highest BCUT2D eigenvalue weighted by molar-refractivity contribution is 8.02. The highest BCUT2D eigenvalue weighted by Crippen LogP contribution is 2.55. The Labute approximate surface area is 164 Å². The van der Waals surface area contributed by atoms with Crippen LogP contribution in [0.4, 0.5) is 5.13 Å². The van der Waals surface area contributed by atoms with Crippen LogP contribution in [0.15, 0.2) is 4.34 Å². The second-order valence-corrected chi connectivity index (χ2v) is 11.7. The summed E-state index contributed by atoms with van der Waals surface area (Å²) < 4.78 is 0.865. The van der Waals surface area contributed by atoms with Crippen molar-refractivity contribution in [3.63, 3.8) is 0 Å². The van der Waals surface area contributed by atoms with Crippen LogP contribution in [0.25, 0.3) is 0 Å². The average molecular weight is 395 g/mol. The Morgan fingerprint density at radius 2 is 1.77 bits per heavy atom. The molecule has 0 spiro atoms. The maximum Gasteiger partial charge on any atom is 0.233 e. The zero-order chi connectivity index (χ0) is 18.3. The zero-order valence-electron chi connectivity index (χ0n) is 16.0. The molecular weight excluding hydrogens is 364 g/mol. The van der Waals surface area contributed by atoms with Crippen molar-refractivity contribution in [1.29, 1.82) is 0 Å². The molecule has 0 aromatic carbocycles. The van der Waals surface area contributed by atoms with Crippen LogP contribution >= 0.6 is 23.1 Å². The van der Waals surface area contributed by atoms with Crippen LogP contribution in [0.5, 0.6) is 0 Å². The summed E-state index contributed by atoms with van der Waals surface area (Å²) in [6.45, 7) is 7.21. The van der Waals surface area contributed by atoms with Crippen molar-refractivity contribution >= 4 is 34.1 Å². The van der Waals surface area contributed by atoms with Crippen molar-refractivity contribution < 1.29 is 4.79 Å². The molecule has 1 amide bonds. The topological polar surface area (TPSA) is 66.9 Å². The molecule has 4 bridgehead atoms. The van der Waals surface area contributed by atoms with Gasteiger partial charge in [0.05, 0.1) is 5.25 Å². The quantitative estimate of drug-likeness (QED) is 0.679. The molecule has 1 unspecified atom stereocenters. The summed E-state index contributed by atoms with van der Waals surface area (Å²) in [6.07, 6.45) is 7.79. The second kappa shape index (κ2) is 7.30. The van der Waals surface area contributed by atoms with E-state index in [0.717, 1.165) is 33.8 Å². The third kappa shape index (κ3) is 4.03. The van der Waals surface area contributed by atoms with Crippen LogP contribution in [0.1, 0.15) is 59.3 Å². The zero-order valence-corrected chi connectivity index (χ0v) is 17.6. The van der Waals surface area contributed by atoms with Gasteiger partial charge in [0.15, 0.2) is 4.34 Å². The molecule has 0 saturated heterocycles. The molecule has 1 atom stereocenters. The Balaban J connectivity index is 1.32. The third-order valence-corrected chi connectivity index (χ3v) is 8.21. The van der Waals surface area contributed by atoms with Gasteiger partial charge in [-0.1, -0.05) is 36.9 Å². The minimum absolute atomic E-state index is 0.0890. The van der Waals surface area contributed by atoms with E-state index >= 15 is 0 Å². The highest BCUT2D eigenvalue weighted by Gasteiger charge is 2.51. The molecule has 1 aromatic rings. The number of rotatable bonds is 7. The predicted octanol–water partition coefficient (Wildman–Crippen LogP) is 4.17. The van der Waals surface area contributed by atoms with Gasteiger partial charge in [-0.15, -0.1) is 10.2 Å². The molecule has 0 radical (unpaired) electrons. The first kappa shape index (κ1) is 18.5. The predicted molar refractivity (Wildman–Crippen MR) is 108 cm³/mol. The summed E-state index contributed by atoms with van der Waals surface area (Å²) in [5.74, 6) is 3.29. The van der Waals surface area contributed by atoms with Gasteiger partial charge in [0.25, 0.3) is 0 Å². The van der Waals surface area contributed by atoms with Gasteiger partial charge < -0.3 is 10.6 Å². The number of hydrogen-bond donors (Lipinski definition) is 2. The first-order valence-corrected chi connectivity index (χ1v) is 11.7. The summed E-state index contributed by atoms with van der Waals surface area (Å²) in [5.41, 5.74) is 0.0890. The van der Waals surface area contributed by atoms with Crippen LogP contribution in [0.2, 0.25) is 0 Å². The molecule has 4 saturated carbocycles. The molecular formula is C19H30N4OS2. The fourth-order valence-corrected chi connectivity index (χ4v) is 7.35. The van der Waals surface area contributed by atoms with E-state index in [-0.39, 0.29) is 16.7 Å². The van der Waals surface area contributed by atoms with Crippen molar-refractivity contribution in [2.75, 3.05) is 11.9 Å². The largest absolute Gasteiger partial charge is 0.360 e. The van der Waals surface area contributed by atoms with Crippen LogP contribution in [-0.4, -0.2) is 33.4 Å². The Morgan fingerprint density at radius 1 is 1.15 bits per heavy atom. The number of aromatic nitrogens is 2. The lowest BCUT2D eigenvalue weighted by Crippen LogP contribution is -2.60. The number of hydrogen-bond acceptors (Lipinski definition) is 6. The Kier molecular flexibility index (Phi) is 5.21. The summed E-state index contributed by atoms with van der Waals surface area (Å²) in [5, 5.41) is 15.9. The van der Waals surface area contributed by atoms with Crippen LogP contribution < -0.4 is 10.6 Å². The van der Waals surface area contributed by atoms with Crippen molar-refractivity contribution in [3.05, 3.63) is 0 Å². The van der Waals surface area contributed by atoms with Crippen molar-refractivity contribution in [3.8, 4) is 0 Å². The molecule has 7 heteroatoms. The van der Waals surface area contributed by atoms with Crippen LogP contribution in [0, 0.1) is 23.7 Å². The van der Waals surface area contributed by atoms with E-state index in [1.165, 1.54) is 50.3 Å². The number of carbonyl (C=O) groups excluding carboxylic acids is 1. The molecule has 5 nitrogen and oxygen atoms in total. The maximum atomic E-state index is 12.9. The normalized spacial score (nSPS) is 33.5. The molecule has 144 valence electrons. The van der Waals surface area contributed by atoms with Gasteiger partial charge in [-0.2, -0.15) is 0 Å². The molecule has 4 aliphatic rings. The summed E-state index contributed by atoms with van der Waals surface area (Å²) >= 11 is 3.07. The second-order valence-electron chi connectivity index (χ2n) is 9.10. The minimum atomic E-state index is -0.131. The maximum absolute atomic E-state index is 12.9. The smallest absolute Gasteiger partial charge is 0.233 e. The first-order valence-electron chi connectivity index (χ1n) is 9.97. The highest BCUT2D eigenvalue weighted by atomic mass is 32.2. The Hall–Kier alpha value is -0.820.